The summed E-state index contributed by atoms with van der Waals surface area (Å²) in [5, 5.41) is 6.12. The Kier molecular flexibility index (Phi) is 4.10. The lowest BCUT2D eigenvalue weighted by atomic mass is 9.78. The van der Waals surface area contributed by atoms with Gasteiger partial charge in [-0.05, 0) is 62.6 Å². The highest BCUT2D eigenvalue weighted by atomic mass is 79.9. The number of benzene rings is 2. The van der Waals surface area contributed by atoms with E-state index in [1.54, 1.807) is 0 Å². The van der Waals surface area contributed by atoms with E-state index in [-0.39, 0.29) is 17.9 Å². The first kappa shape index (κ1) is 17.9. The van der Waals surface area contributed by atoms with Crippen LogP contribution in [0, 0.1) is 12.8 Å². The lowest BCUT2D eigenvalue weighted by Crippen LogP contribution is -2.53. The number of para-hydroxylation sites is 1. The number of hydrogen-bond donors (Lipinski definition) is 2. The maximum absolute atomic E-state index is 13.4. The quantitative estimate of drug-likeness (QED) is 0.742. The van der Waals surface area contributed by atoms with E-state index >= 15 is 0 Å². The predicted molar refractivity (Wildman–Crippen MR) is 112 cm³/mol. The maximum atomic E-state index is 13.4. The first-order valence-corrected chi connectivity index (χ1v) is 10.6. The van der Waals surface area contributed by atoms with E-state index in [2.05, 4.69) is 31.5 Å². The van der Waals surface area contributed by atoms with Gasteiger partial charge in [-0.15, -0.1) is 0 Å². The number of fused-ring (bicyclic) bond motifs is 4. The summed E-state index contributed by atoms with van der Waals surface area (Å²) < 4.78 is 1.01. The molecule has 0 aromatic heterocycles. The van der Waals surface area contributed by atoms with E-state index in [1.807, 2.05) is 49.4 Å². The molecule has 2 fully saturated rings. The number of aryl methyl sites for hydroxylation is 1. The van der Waals surface area contributed by atoms with Crippen molar-refractivity contribution in [3.05, 3.63) is 58.1 Å². The summed E-state index contributed by atoms with van der Waals surface area (Å²) in [5.74, 6) is -0.557. The van der Waals surface area contributed by atoms with Gasteiger partial charge in [0.2, 0.25) is 11.8 Å². The predicted octanol–water partition coefficient (Wildman–Crippen LogP) is 4.03. The van der Waals surface area contributed by atoms with Crippen LogP contribution < -0.4 is 10.6 Å². The molecule has 0 radical (unpaired) electrons. The average Bonchev–Trinajstić information content (AvgIpc) is 3.33. The first-order chi connectivity index (χ1) is 13.5. The molecular weight excluding hydrogens is 418 g/mol. The van der Waals surface area contributed by atoms with Gasteiger partial charge in [0, 0.05) is 27.5 Å². The molecule has 1 spiro atoms. The molecule has 5 nitrogen and oxygen atoms in total. The zero-order valence-corrected chi connectivity index (χ0v) is 17.3. The molecule has 2 aromatic rings. The van der Waals surface area contributed by atoms with Crippen molar-refractivity contribution in [2.45, 2.75) is 37.8 Å². The van der Waals surface area contributed by atoms with Crippen molar-refractivity contribution in [3.63, 3.8) is 0 Å². The van der Waals surface area contributed by atoms with Gasteiger partial charge in [-0.3, -0.25) is 14.5 Å². The van der Waals surface area contributed by atoms with E-state index in [4.69, 9.17) is 0 Å². The second kappa shape index (κ2) is 6.42. The molecule has 5 rings (SSSR count). The minimum Gasteiger partial charge on any atom is -0.326 e. The molecule has 0 bridgehead atoms. The van der Waals surface area contributed by atoms with Crippen LogP contribution >= 0.6 is 15.9 Å². The fourth-order valence-electron chi connectivity index (χ4n) is 5.33. The summed E-state index contributed by atoms with van der Waals surface area (Å²) in [7, 11) is 0. The van der Waals surface area contributed by atoms with Gasteiger partial charge in [-0.1, -0.05) is 34.1 Å². The van der Waals surface area contributed by atoms with E-state index < -0.39 is 11.5 Å². The van der Waals surface area contributed by atoms with Crippen LogP contribution in [0.5, 0.6) is 0 Å². The smallest absolute Gasteiger partial charge is 0.250 e. The Morgan fingerprint density at radius 1 is 1.29 bits per heavy atom. The minimum absolute atomic E-state index is 0.0646. The van der Waals surface area contributed by atoms with Crippen LogP contribution in [0.3, 0.4) is 0 Å². The number of carbonyl (C=O) groups is 2. The second-order valence-corrected chi connectivity index (χ2v) is 8.85. The standard InChI is InChI=1S/C22H22BrN3O2/c1-13-11-14(8-9-18(13)23)24-20(27)17-12-15-5-4-10-26(15)22(17)16-6-2-3-7-19(16)25-21(22)28/h2-3,6-9,11,15,17H,4-5,10,12H2,1H3,(H,24,27)(H,25,28)/t15-,17-,22-/m1/s1. The molecule has 3 atom stereocenters. The molecule has 2 N–H and O–H groups in total. The number of carbonyl (C=O) groups excluding carboxylic acids is 2. The molecular formula is C22H22BrN3O2. The van der Waals surface area contributed by atoms with Crippen molar-refractivity contribution in [1.82, 2.24) is 4.90 Å². The molecule has 2 saturated heterocycles. The van der Waals surface area contributed by atoms with Crippen molar-refractivity contribution in [2.75, 3.05) is 17.2 Å². The van der Waals surface area contributed by atoms with Gasteiger partial charge < -0.3 is 10.6 Å². The van der Waals surface area contributed by atoms with Crippen LogP contribution in [-0.4, -0.2) is 29.3 Å². The summed E-state index contributed by atoms with van der Waals surface area (Å²) in [6.45, 7) is 2.85. The molecule has 3 heterocycles. The van der Waals surface area contributed by atoms with Gasteiger partial charge in [-0.25, -0.2) is 0 Å². The Hall–Kier alpha value is -2.18. The summed E-state index contributed by atoms with van der Waals surface area (Å²) in [4.78, 5) is 29.0. The maximum Gasteiger partial charge on any atom is 0.250 e. The average molecular weight is 440 g/mol. The van der Waals surface area contributed by atoms with Crippen LogP contribution in [0.4, 0.5) is 11.4 Å². The van der Waals surface area contributed by atoms with Crippen molar-refractivity contribution in [3.8, 4) is 0 Å². The third-order valence-corrected chi connectivity index (χ3v) is 7.41. The lowest BCUT2D eigenvalue weighted by molar-refractivity contribution is -0.135. The summed E-state index contributed by atoms with van der Waals surface area (Å²) in [5.41, 5.74) is 2.70. The SMILES string of the molecule is Cc1cc(NC(=O)[C@H]2C[C@H]3CCCN3[C@@]23C(=O)Nc2ccccc23)ccc1Br. The summed E-state index contributed by atoms with van der Waals surface area (Å²) in [6.07, 6.45) is 2.82. The first-order valence-electron chi connectivity index (χ1n) is 9.76. The highest BCUT2D eigenvalue weighted by Crippen LogP contribution is 2.55. The van der Waals surface area contributed by atoms with Crippen molar-refractivity contribution in [1.29, 1.82) is 0 Å². The number of halogens is 1. The molecule has 3 aliphatic rings. The van der Waals surface area contributed by atoms with E-state index in [0.29, 0.717) is 6.42 Å². The Morgan fingerprint density at radius 3 is 2.93 bits per heavy atom. The third-order valence-electron chi connectivity index (χ3n) is 6.52. The molecule has 144 valence electrons. The van der Waals surface area contributed by atoms with Gasteiger partial charge in [0.05, 0.1) is 5.92 Å². The van der Waals surface area contributed by atoms with Gasteiger partial charge >= 0.3 is 0 Å². The van der Waals surface area contributed by atoms with Crippen LogP contribution in [0.15, 0.2) is 46.9 Å². The Balaban J connectivity index is 1.56. The third kappa shape index (κ3) is 2.40. The van der Waals surface area contributed by atoms with Crippen LogP contribution in [-0.2, 0) is 15.1 Å². The largest absolute Gasteiger partial charge is 0.326 e. The van der Waals surface area contributed by atoms with Crippen LogP contribution in [0.25, 0.3) is 0 Å². The number of anilines is 2. The molecule has 2 aromatic carbocycles. The van der Waals surface area contributed by atoms with Gasteiger partial charge in [-0.2, -0.15) is 0 Å². The zero-order valence-electron chi connectivity index (χ0n) is 15.7. The zero-order chi connectivity index (χ0) is 19.5. The second-order valence-electron chi connectivity index (χ2n) is 8.00. The van der Waals surface area contributed by atoms with E-state index in [1.165, 1.54) is 0 Å². The van der Waals surface area contributed by atoms with E-state index in [0.717, 1.165) is 46.4 Å². The van der Waals surface area contributed by atoms with Crippen molar-refractivity contribution >= 4 is 39.1 Å². The monoisotopic (exact) mass is 439 g/mol. The number of hydrogen-bond acceptors (Lipinski definition) is 3. The fraction of sp³-hybridized carbons (Fsp3) is 0.364. The van der Waals surface area contributed by atoms with Crippen LogP contribution in [0.1, 0.15) is 30.4 Å². The topological polar surface area (TPSA) is 61.4 Å². The molecule has 6 heteroatoms. The van der Waals surface area contributed by atoms with Crippen molar-refractivity contribution < 1.29 is 9.59 Å². The van der Waals surface area contributed by atoms with Crippen LogP contribution in [0.2, 0.25) is 0 Å². The molecule has 2 amide bonds. The minimum atomic E-state index is -0.897. The van der Waals surface area contributed by atoms with Gasteiger partial charge in [0.1, 0.15) is 5.54 Å². The van der Waals surface area contributed by atoms with Gasteiger partial charge in [0.15, 0.2) is 0 Å². The Morgan fingerprint density at radius 2 is 2.11 bits per heavy atom. The highest BCUT2D eigenvalue weighted by molar-refractivity contribution is 9.10. The fourth-order valence-corrected chi connectivity index (χ4v) is 5.58. The Labute approximate surface area is 172 Å². The van der Waals surface area contributed by atoms with E-state index in [9.17, 15) is 9.59 Å². The lowest BCUT2D eigenvalue weighted by Gasteiger charge is -2.36. The number of amides is 2. The number of nitrogens with zero attached hydrogens (tertiary/aromatic N) is 1. The highest BCUT2D eigenvalue weighted by Gasteiger charge is 2.65. The number of rotatable bonds is 2. The number of nitrogens with one attached hydrogen (secondary N) is 2. The molecule has 0 unspecified atom stereocenters. The summed E-state index contributed by atoms with van der Waals surface area (Å²) >= 11 is 3.50. The molecule has 0 aliphatic carbocycles. The Bertz CT molecular complexity index is 991. The summed E-state index contributed by atoms with van der Waals surface area (Å²) in [6, 6.07) is 13.9. The molecule has 0 saturated carbocycles. The molecule has 3 aliphatic heterocycles. The van der Waals surface area contributed by atoms with Gasteiger partial charge in [0.25, 0.3) is 0 Å². The van der Waals surface area contributed by atoms with Crippen molar-refractivity contribution in [2.24, 2.45) is 5.92 Å². The molecule has 28 heavy (non-hydrogen) atoms. The normalized spacial score (nSPS) is 28.3.